The molecule has 0 aliphatic carbocycles. The van der Waals surface area contributed by atoms with Crippen LogP contribution < -0.4 is 5.32 Å². The topological polar surface area (TPSA) is 58.3 Å². The number of guanidine groups is 1. The lowest BCUT2D eigenvalue weighted by Gasteiger charge is -2.36. The van der Waals surface area contributed by atoms with Gasteiger partial charge in [-0.2, -0.15) is 16.9 Å². The van der Waals surface area contributed by atoms with Crippen molar-refractivity contribution in [3.63, 3.8) is 0 Å². The average molecular weight is 373 g/mol. The molecule has 0 spiro atoms. The number of aromatic nitrogens is 3. The Morgan fingerprint density at radius 1 is 1.35 bits per heavy atom. The van der Waals surface area contributed by atoms with Crippen LogP contribution in [0.2, 0.25) is 0 Å². The molecule has 2 heterocycles. The van der Waals surface area contributed by atoms with Gasteiger partial charge in [0.1, 0.15) is 12.7 Å². The monoisotopic (exact) mass is 372 g/mol. The minimum Gasteiger partial charge on any atom is -0.357 e. The lowest BCUT2D eigenvalue weighted by molar-refractivity contribution is 0.381. The van der Waals surface area contributed by atoms with Gasteiger partial charge in [-0.15, -0.1) is 0 Å². The first-order chi connectivity index (χ1) is 12.7. The standard InChI is InChI=1S/C19H28N6S/c1-4-21-19(24-9-10-26-18(12-24)15(2)3)22-11-16-5-7-17(8-6-16)25-14-20-13-23-25/h5-8,13-15,18H,4,9-12H2,1-3H3,(H,21,22). The molecule has 2 aromatic rings. The predicted molar refractivity (Wildman–Crippen MR) is 109 cm³/mol. The van der Waals surface area contributed by atoms with Crippen LogP contribution in [0.15, 0.2) is 41.9 Å². The zero-order chi connectivity index (χ0) is 18.4. The van der Waals surface area contributed by atoms with Gasteiger partial charge in [0.25, 0.3) is 0 Å². The minimum atomic E-state index is 0.676. The Labute approximate surface area is 160 Å². The van der Waals surface area contributed by atoms with E-state index in [1.54, 1.807) is 17.3 Å². The Balaban J connectivity index is 1.67. The summed E-state index contributed by atoms with van der Waals surface area (Å²) in [6, 6.07) is 8.32. The van der Waals surface area contributed by atoms with E-state index in [4.69, 9.17) is 4.99 Å². The van der Waals surface area contributed by atoms with Crippen molar-refractivity contribution >= 4 is 17.7 Å². The number of hydrogen-bond acceptors (Lipinski definition) is 4. The van der Waals surface area contributed by atoms with E-state index in [-0.39, 0.29) is 0 Å². The smallest absolute Gasteiger partial charge is 0.194 e. The molecule has 1 aliphatic heterocycles. The first-order valence-corrected chi connectivity index (χ1v) is 10.3. The Kier molecular flexibility index (Phi) is 6.55. The molecule has 1 saturated heterocycles. The van der Waals surface area contributed by atoms with Crippen LogP contribution in [-0.4, -0.2) is 56.3 Å². The maximum absolute atomic E-state index is 4.88. The molecular formula is C19H28N6S. The van der Waals surface area contributed by atoms with Crippen LogP contribution >= 0.6 is 11.8 Å². The minimum absolute atomic E-state index is 0.676. The molecule has 6 nitrogen and oxygen atoms in total. The van der Waals surface area contributed by atoms with Crippen LogP contribution in [0.1, 0.15) is 26.3 Å². The molecule has 1 aliphatic rings. The summed E-state index contributed by atoms with van der Waals surface area (Å²) in [6.07, 6.45) is 3.25. The van der Waals surface area contributed by atoms with E-state index in [0.717, 1.165) is 31.3 Å². The molecule has 1 aromatic carbocycles. The molecular weight excluding hydrogens is 344 g/mol. The van der Waals surface area contributed by atoms with E-state index in [0.29, 0.717) is 17.7 Å². The fourth-order valence-electron chi connectivity index (χ4n) is 2.96. The quantitative estimate of drug-likeness (QED) is 0.646. The van der Waals surface area contributed by atoms with Gasteiger partial charge in [0.05, 0.1) is 12.2 Å². The highest BCUT2D eigenvalue weighted by atomic mass is 32.2. The van der Waals surface area contributed by atoms with Gasteiger partial charge in [0, 0.05) is 30.6 Å². The Morgan fingerprint density at radius 2 is 2.15 bits per heavy atom. The van der Waals surface area contributed by atoms with Gasteiger partial charge < -0.3 is 10.2 Å². The van der Waals surface area contributed by atoms with Gasteiger partial charge in [0.2, 0.25) is 0 Å². The van der Waals surface area contributed by atoms with Crippen LogP contribution in [0, 0.1) is 5.92 Å². The van der Waals surface area contributed by atoms with Crippen molar-refractivity contribution in [2.45, 2.75) is 32.6 Å². The van der Waals surface area contributed by atoms with Gasteiger partial charge in [-0.25, -0.2) is 14.7 Å². The number of rotatable bonds is 5. The molecule has 0 saturated carbocycles. The normalized spacial score (nSPS) is 18.4. The highest BCUT2D eigenvalue weighted by Crippen LogP contribution is 2.25. The number of nitrogens with zero attached hydrogens (tertiary/aromatic N) is 5. The Morgan fingerprint density at radius 3 is 2.81 bits per heavy atom. The van der Waals surface area contributed by atoms with Crippen molar-refractivity contribution in [3.05, 3.63) is 42.5 Å². The number of hydrogen-bond donors (Lipinski definition) is 1. The second-order valence-electron chi connectivity index (χ2n) is 6.78. The zero-order valence-electron chi connectivity index (χ0n) is 15.8. The van der Waals surface area contributed by atoms with Gasteiger partial charge in [-0.3, -0.25) is 0 Å². The summed E-state index contributed by atoms with van der Waals surface area (Å²) >= 11 is 2.09. The van der Waals surface area contributed by atoms with Crippen molar-refractivity contribution in [3.8, 4) is 5.69 Å². The van der Waals surface area contributed by atoms with E-state index in [1.807, 2.05) is 0 Å². The number of thioether (sulfide) groups is 1. The maximum atomic E-state index is 4.88. The largest absolute Gasteiger partial charge is 0.357 e. The zero-order valence-corrected chi connectivity index (χ0v) is 16.6. The van der Waals surface area contributed by atoms with Crippen molar-refractivity contribution in [2.75, 3.05) is 25.4 Å². The van der Waals surface area contributed by atoms with Crippen LogP contribution in [0.25, 0.3) is 5.69 Å². The summed E-state index contributed by atoms with van der Waals surface area (Å²) in [5.74, 6) is 2.88. The molecule has 0 bridgehead atoms. The second kappa shape index (κ2) is 9.07. The maximum Gasteiger partial charge on any atom is 0.194 e. The van der Waals surface area contributed by atoms with Gasteiger partial charge in [0.15, 0.2) is 5.96 Å². The highest BCUT2D eigenvalue weighted by Gasteiger charge is 2.24. The van der Waals surface area contributed by atoms with Crippen LogP contribution in [0.3, 0.4) is 0 Å². The predicted octanol–water partition coefficient (Wildman–Crippen LogP) is 2.81. The van der Waals surface area contributed by atoms with E-state index in [9.17, 15) is 0 Å². The van der Waals surface area contributed by atoms with Crippen molar-refractivity contribution in [2.24, 2.45) is 10.9 Å². The van der Waals surface area contributed by atoms with Gasteiger partial charge >= 0.3 is 0 Å². The lowest BCUT2D eigenvalue weighted by Crippen LogP contribution is -2.49. The van der Waals surface area contributed by atoms with Gasteiger partial charge in [-0.1, -0.05) is 26.0 Å². The first kappa shape index (κ1) is 18.8. The van der Waals surface area contributed by atoms with Crippen LogP contribution in [-0.2, 0) is 6.54 Å². The summed E-state index contributed by atoms with van der Waals surface area (Å²) in [7, 11) is 0. The molecule has 0 radical (unpaired) electrons. The molecule has 1 fully saturated rings. The SMILES string of the molecule is CCNC(=NCc1ccc(-n2cncn2)cc1)N1CCSC(C(C)C)C1. The molecule has 1 aromatic heterocycles. The number of nitrogens with one attached hydrogen (secondary N) is 1. The van der Waals surface area contributed by atoms with Crippen LogP contribution in [0.5, 0.6) is 0 Å². The van der Waals surface area contributed by atoms with E-state index >= 15 is 0 Å². The molecule has 1 atom stereocenters. The molecule has 1 unspecified atom stereocenters. The van der Waals surface area contributed by atoms with E-state index in [1.165, 1.54) is 11.3 Å². The molecule has 3 rings (SSSR count). The summed E-state index contributed by atoms with van der Waals surface area (Å²) in [4.78, 5) is 11.3. The van der Waals surface area contributed by atoms with Crippen molar-refractivity contribution < 1.29 is 0 Å². The summed E-state index contributed by atoms with van der Waals surface area (Å²) in [5.41, 5.74) is 2.20. The fourth-order valence-corrected chi connectivity index (χ4v) is 4.26. The Hall–Kier alpha value is -2.02. The molecule has 1 N–H and O–H groups in total. The molecule has 140 valence electrons. The third kappa shape index (κ3) is 4.78. The van der Waals surface area contributed by atoms with E-state index < -0.39 is 0 Å². The Bertz CT molecular complexity index is 695. The fraction of sp³-hybridized carbons (Fsp3) is 0.526. The van der Waals surface area contributed by atoms with Crippen molar-refractivity contribution in [1.82, 2.24) is 25.0 Å². The lowest BCUT2D eigenvalue weighted by atomic mass is 10.1. The van der Waals surface area contributed by atoms with Gasteiger partial charge in [-0.05, 0) is 30.5 Å². The molecule has 0 amide bonds. The summed E-state index contributed by atoms with van der Waals surface area (Å²) in [6.45, 7) is 10.4. The third-order valence-electron chi connectivity index (χ3n) is 4.50. The van der Waals surface area contributed by atoms with E-state index in [2.05, 4.69) is 77.1 Å². The first-order valence-electron chi connectivity index (χ1n) is 9.26. The molecule has 26 heavy (non-hydrogen) atoms. The van der Waals surface area contributed by atoms with Crippen molar-refractivity contribution in [1.29, 1.82) is 0 Å². The second-order valence-corrected chi connectivity index (χ2v) is 8.12. The highest BCUT2D eigenvalue weighted by molar-refractivity contribution is 8.00. The summed E-state index contributed by atoms with van der Waals surface area (Å²) < 4.78 is 1.76. The number of benzene rings is 1. The molecule has 7 heteroatoms. The van der Waals surface area contributed by atoms with Crippen LogP contribution in [0.4, 0.5) is 0 Å². The number of aliphatic imine (C=N–C) groups is 1. The third-order valence-corrected chi connectivity index (χ3v) is 6.04. The average Bonchev–Trinajstić information content (AvgIpc) is 3.20. The summed E-state index contributed by atoms with van der Waals surface area (Å²) in [5, 5.41) is 8.29.